The molecular formula is C19H16O2. The third-order valence-electron chi connectivity index (χ3n) is 3.93. The van der Waals surface area contributed by atoms with Crippen molar-refractivity contribution in [3.63, 3.8) is 0 Å². The predicted molar refractivity (Wildman–Crippen MR) is 84.9 cm³/mol. The maximum absolute atomic E-state index is 11.4. The van der Waals surface area contributed by atoms with E-state index in [1.54, 1.807) is 12.1 Å². The lowest BCUT2D eigenvalue weighted by atomic mass is 9.88. The molecule has 1 unspecified atom stereocenters. The molecule has 0 spiro atoms. The number of hydrogen-bond acceptors (Lipinski definition) is 1. The van der Waals surface area contributed by atoms with Crippen molar-refractivity contribution in [3.05, 3.63) is 83.4 Å². The zero-order chi connectivity index (χ0) is 14.8. The standard InChI is InChI=1S/C19H16O2/c1-13(17-8-4-5-9-18(17)19(20)21)15-11-10-14-6-2-3-7-16(14)12-15/h2-13H,1H3,(H,20,21). The number of hydrogen-bond donors (Lipinski definition) is 1. The third-order valence-corrected chi connectivity index (χ3v) is 3.93. The fourth-order valence-corrected chi connectivity index (χ4v) is 2.73. The molecule has 2 nitrogen and oxygen atoms in total. The molecule has 0 fully saturated rings. The number of aromatic carboxylic acids is 1. The van der Waals surface area contributed by atoms with Gasteiger partial charge in [0.05, 0.1) is 5.56 Å². The SMILES string of the molecule is CC(c1ccc2ccccc2c1)c1ccccc1C(=O)O. The molecule has 0 heterocycles. The molecule has 0 aromatic heterocycles. The first-order chi connectivity index (χ1) is 10.2. The molecule has 3 aromatic rings. The van der Waals surface area contributed by atoms with Crippen LogP contribution >= 0.6 is 0 Å². The molecule has 0 amide bonds. The van der Waals surface area contributed by atoms with Gasteiger partial charge in [0, 0.05) is 5.92 Å². The minimum absolute atomic E-state index is 0.0434. The Morgan fingerprint density at radius 3 is 2.33 bits per heavy atom. The van der Waals surface area contributed by atoms with E-state index in [1.807, 2.05) is 31.2 Å². The lowest BCUT2D eigenvalue weighted by molar-refractivity contribution is 0.0695. The van der Waals surface area contributed by atoms with E-state index in [0.29, 0.717) is 5.56 Å². The molecule has 3 rings (SSSR count). The summed E-state index contributed by atoms with van der Waals surface area (Å²) in [4.78, 5) is 11.4. The number of benzene rings is 3. The molecule has 2 heteroatoms. The Kier molecular flexibility index (Phi) is 3.44. The summed E-state index contributed by atoms with van der Waals surface area (Å²) in [5, 5.41) is 11.7. The van der Waals surface area contributed by atoms with Crippen molar-refractivity contribution in [2.24, 2.45) is 0 Å². The fourth-order valence-electron chi connectivity index (χ4n) is 2.73. The molecule has 21 heavy (non-hydrogen) atoms. The summed E-state index contributed by atoms with van der Waals surface area (Å²) in [5.74, 6) is -0.833. The molecule has 0 saturated carbocycles. The van der Waals surface area contributed by atoms with Gasteiger partial charge in [-0.1, -0.05) is 67.6 Å². The van der Waals surface area contributed by atoms with Crippen LogP contribution in [0.2, 0.25) is 0 Å². The number of carboxylic acids is 1. The normalized spacial score (nSPS) is 12.2. The van der Waals surface area contributed by atoms with Gasteiger partial charge in [-0.05, 0) is 28.0 Å². The number of carboxylic acid groups (broad SMARTS) is 1. The highest BCUT2D eigenvalue weighted by Crippen LogP contribution is 2.29. The monoisotopic (exact) mass is 276 g/mol. The van der Waals surface area contributed by atoms with Crippen LogP contribution in [0.3, 0.4) is 0 Å². The Balaban J connectivity index is 2.08. The van der Waals surface area contributed by atoms with E-state index < -0.39 is 5.97 Å². The Bertz CT molecular complexity index is 805. The minimum atomic E-state index is -0.877. The quantitative estimate of drug-likeness (QED) is 0.753. The topological polar surface area (TPSA) is 37.3 Å². The van der Waals surface area contributed by atoms with Crippen molar-refractivity contribution in [2.75, 3.05) is 0 Å². The first-order valence-corrected chi connectivity index (χ1v) is 6.98. The Hall–Kier alpha value is -2.61. The van der Waals surface area contributed by atoms with E-state index in [4.69, 9.17) is 0 Å². The van der Waals surface area contributed by atoms with Gasteiger partial charge in [0.25, 0.3) is 0 Å². The van der Waals surface area contributed by atoms with Gasteiger partial charge in [0.1, 0.15) is 0 Å². The van der Waals surface area contributed by atoms with E-state index in [1.165, 1.54) is 10.8 Å². The van der Waals surface area contributed by atoms with Gasteiger partial charge in [0.2, 0.25) is 0 Å². The first-order valence-electron chi connectivity index (χ1n) is 6.98. The van der Waals surface area contributed by atoms with Crippen LogP contribution in [0.15, 0.2) is 66.7 Å². The highest BCUT2D eigenvalue weighted by Gasteiger charge is 2.16. The van der Waals surface area contributed by atoms with Gasteiger partial charge in [-0.15, -0.1) is 0 Å². The van der Waals surface area contributed by atoms with Crippen LogP contribution in [-0.4, -0.2) is 11.1 Å². The maximum atomic E-state index is 11.4. The van der Waals surface area contributed by atoms with Gasteiger partial charge >= 0.3 is 5.97 Å². The Morgan fingerprint density at radius 2 is 1.57 bits per heavy atom. The third kappa shape index (κ3) is 2.52. The average Bonchev–Trinajstić information content (AvgIpc) is 2.53. The van der Waals surface area contributed by atoms with Crippen molar-refractivity contribution >= 4 is 16.7 Å². The molecule has 3 aromatic carbocycles. The van der Waals surface area contributed by atoms with Crippen LogP contribution in [-0.2, 0) is 0 Å². The van der Waals surface area contributed by atoms with Crippen molar-refractivity contribution in [1.29, 1.82) is 0 Å². The predicted octanol–water partition coefficient (Wildman–Crippen LogP) is 4.69. The van der Waals surface area contributed by atoms with Crippen LogP contribution in [0.4, 0.5) is 0 Å². The van der Waals surface area contributed by atoms with Crippen molar-refractivity contribution in [1.82, 2.24) is 0 Å². The van der Waals surface area contributed by atoms with Gasteiger partial charge in [-0.25, -0.2) is 4.79 Å². The van der Waals surface area contributed by atoms with E-state index in [0.717, 1.165) is 11.1 Å². The molecule has 0 radical (unpaired) electrons. The van der Waals surface area contributed by atoms with Gasteiger partial charge in [0.15, 0.2) is 0 Å². The number of rotatable bonds is 3. The van der Waals surface area contributed by atoms with Crippen molar-refractivity contribution < 1.29 is 9.90 Å². The number of fused-ring (bicyclic) bond motifs is 1. The van der Waals surface area contributed by atoms with Gasteiger partial charge in [-0.3, -0.25) is 0 Å². The van der Waals surface area contributed by atoms with Crippen molar-refractivity contribution in [3.8, 4) is 0 Å². The van der Waals surface area contributed by atoms with Gasteiger partial charge < -0.3 is 5.11 Å². The molecule has 1 atom stereocenters. The Labute approximate surface area is 123 Å². The summed E-state index contributed by atoms with van der Waals surface area (Å²) in [7, 11) is 0. The molecule has 0 saturated heterocycles. The molecule has 0 aliphatic heterocycles. The molecular weight excluding hydrogens is 260 g/mol. The van der Waals surface area contributed by atoms with E-state index >= 15 is 0 Å². The van der Waals surface area contributed by atoms with Gasteiger partial charge in [-0.2, -0.15) is 0 Å². The van der Waals surface area contributed by atoms with Crippen molar-refractivity contribution in [2.45, 2.75) is 12.8 Å². The van der Waals surface area contributed by atoms with E-state index in [2.05, 4.69) is 30.3 Å². The molecule has 0 aliphatic carbocycles. The Morgan fingerprint density at radius 1 is 0.905 bits per heavy atom. The second kappa shape index (κ2) is 5.41. The van der Waals surface area contributed by atoms with Crippen LogP contribution in [0.5, 0.6) is 0 Å². The highest BCUT2D eigenvalue weighted by molar-refractivity contribution is 5.90. The average molecular weight is 276 g/mol. The second-order valence-electron chi connectivity index (χ2n) is 5.22. The van der Waals surface area contributed by atoms with Crippen LogP contribution < -0.4 is 0 Å². The first kappa shape index (κ1) is 13.4. The van der Waals surface area contributed by atoms with Crippen LogP contribution in [0, 0.1) is 0 Å². The summed E-state index contributed by atoms with van der Waals surface area (Å²) < 4.78 is 0. The summed E-state index contributed by atoms with van der Waals surface area (Å²) in [5.41, 5.74) is 2.35. The largest absolute Gasteiger partial charge is 0.478 e. The van der Waals surface area contributed by atoms with Crippen LogP contribution in [0.1, 0.15) is 34.3 Å². The smallest absolute Gasteiger partial charge is 0.335 e. The molecule has 1 N–H and O–H groups in total. The fraction of sp³-hybridized carbons (Fsp3) is 0.105. The lowest BCUT2D eigenvalue weighted by Crippen LogP contribution is -2.06. The molecule has 0 aliphatic rings. The zero-order valence-electron chi connectivity index (χ0n) is 11.8. The maximum Gasteiger partial charge on any atom is 0.335 e. The van der Waals surface area contributed by atoms with E-state index in [-0.39, 0.29) is 5.92 Å². The number of carbonyl (C=O) groups is 1. The molecule has 0 bridgehead atoms. The summed E-state index contributed by atoms with van der Waals surface area (Å²) in [6.07, 6.45) is 0. The van der Waals surface area contributed by atoms with E-state index in [9.17, 15) is 9.90 Å². The highest BCUT2D eigenvalue weighted by atomic mass is 16.4. The summed E-state index contributed by atoms with van der Waals surface area (Å²) in [6, 6.07) is 21.7. The zero-order valence-corrected chi connectivity index (χ0v) is 11.8. The second-order valence-corrected chi connectivity index (χ2v) is 5.22. The summed E-state index contributed by atoms with van der Waals surface area (Å²) >= 11 is 0. The van der Waals surface area contributed by atoms with Crippen LogP contribution in [0.25, 0.3) is 10.8 Å². The molecule has 104 valence electrons. The lowest BCUT2D eigenvalue weighted by Gasteiger charge is -2.15. The minimum Gasteiger partial charge on any atom is -0.478 e. The summed E-state index contributed by atoms with van der Waals surface area (Å²) in [6.45, 7) is 2.05.